The molecule has 0 bridgehead atoms. The summed E-state index contributed by atoms with van der Waals surface area (Å²) in [5, 5.41) is 0.933. The molecular formula is C22H27N3O6S. The van der Waals surface area contributed by atoms with Crippen molar-refractivity contribution in [2.75, 3.05) is 32.1 Å². The fourth-order valence-electron chi connectivity index (χ4n) is 3.64. The number of hydrogen-bond donors (Lipinski definition) is 0. The highest BCUT2D eigenvalue weighted by atomic mass is 32.2. The van der Waals surface area contributed by atoms with Crippen LogP contribution in [-0.2, 0) is 19.1 Å². The zero-order valence-corrected chi connectivity index (χ0v) is 19.1. The summed E-state index contributed by atoms with van der Waals surface area (Å²) in [5.41, 5.74) is 0.378. The normalized spacial score (nSPS) is 14.4. The maximum Gasteiger partial charge on any atom is 0.409 e. The van der Waals surface area contributed by atoms with Gasteiger partial charge in [0.25, 0.3) is 5.56 Å². The Bertz CT molecular complexity index is 1050. The van der Waals surface area contributed by atoms with Gasteiger partial charge in [-0.15, -0.1) is 0 Å². The Kier molecular flexibility index (Phi) is 8.26. The molecule has 32 heavy (non-hydrogen) atoms. The van der Waals surface area contributed by atoms with Gasteiger partial charge < -0.3 is 14.4 Å². The quantitative estimate of drug-likeness (QED) is 0.256. The molecule has 9 nitrogen and oxygen atoms in total. The highest BCUT2D eigenvalue weighted by molar-refractivity contribution is 7.99. The topological polar surface area (TPSA) is 108 Å². The van der Waals surface area contributed by atoms with Gasteiger partial charge in [0.15, 0.2) is 10.9 Å². The van der Waals surface area contributed by atoms with Gasteiger partial charge in [0.1, 0.15) is 6.42 Å². The van der Waals surface area contributed by atoms with Gasteiger partial charge in [-0.25, -0.2) is 9.78 Å². The number of carbonyl (C=O) groups excluding carboxylic acids is 3. The minimum atomic E-state index is -0.562. The summed E-state index contributed by atoms with van der Waals surface area (Å²) in [7, 11) is 0. The zero-order valence-electron chi connectivity index (χ0n) is 18.2. The molecule has 0 spiro atoms. The van der Waals surface area contributed by atoms with E-state index in [0.717, 1.165) is 11.8 Å². The Balaban J connectivity index is 1.82. The summed E-state index contributed by atoms with van der Waals surface area (Å²) in [6.45, 7) is 4.91. The summed E-state index contributed by atoms with van der Waals surface area (Å²) >= 11 is 1.14. The molecule has 0 saturated carbocycles. The van der Waals surface area contributed by atoms with Crippen LogP contribution in [0.15, 0.2) is 34.2 Å². The van der Waals surface area contributed by atoms with Crippen molar-refractivity contribution in [1.82, 2.24) is 14.5 Å². The lowest BCUT2D eigenvalue weighted by Crippen LogP contribution is -2.41. The molecule has 2 heterocycles. The van der Waals surface area contributed by atoms with Crippen molar-refractivity contribution in [3.63, 3.8) is 0 Å². The first-order valence-electron chi connectivity index (χ1n) is 10.7. The first-order chi connectivity index (χ1) is 15.4. The van der Waals surface area contributed by atoms with Gasteiger partial charge in [0.2, 0.25) is 0 Å². The summed E-state index contributed by atoms with van der Waals surface area (Å²) in [6.07, 6.45) is 0.483. The molecule has 1 fully saturated rings. The van der Waals surface area contributed by atoms with Crippen molar-refractivity contribution < 1.29 is 23.9 Å². The molecule has 1 aliphatic rings. The van der Waals surface area contributed by atoms with Crippen molar-refractivity contribution in [2.45, 2.75) is 44.3 Å². The number of hydrogen-bond acceptors (Lipinski definition) is 8. The number of benzene rings is 1. The smallest absolute Gasteiger partial charge is 0.409 e. The molecule has 10 heteroatoms. The largest absolute Gasteiger partial charge is 0.466 e. The second-order valence-corrected chi connectivity index (χ2v) is 8.26. The SMILES string of the molecule is CCOC(=O)CC(=O)CSc1nc2ccccc2c(=O)n1C1CCN(C(=O)OCC)CC1. The fraction of sp³-hybridized carbons (Fsp3) is 0.500. The predicted octanol–water partition coefficient (Wildman–Crippen LogP) is 2.80. The number of para-hydroxylation sites is 1. The Hall–Kier alpha value is -2.88. The molecule has 0 radical (unpaired) electrons. The average Bonchev–Trinajstić information content (AvgIpc) is 2.78. The number of fused-ring (bicyclic) bond motifs is 1. The fourth-order valence-corrected chi connectivity index (χ4v) is 4.57. The second-order valence-electron chi connectivity index (χ2n) is 7.31. The second kappa shape index (κ2) is 11.1. The maximum absolute atomic E-state index is 13.3. The van der Waals surface area contributed by atoms with Crippen LogP contribution in [-0.4, -0.2) is 64.4 Å². The monoisotopic (exact) mass is 461 g/mol. The minimum Gasteiger partial charge on any atom is -0.466 e. The van der Waals surface area contributed by atoms with Crippen molar-refractivity contribution in [3.8, 4) is 0 Å². The first kappa shape index (κ1) is 23.8. The van der Waals surface area contributed by atoms with Gasteiger partial charge in [0.05, 0.1) is 29.9 Å². The number of likely N-dealkylation sites (tertiary alicyclic amines) is 1. The molecule has 1 aromatic carbocycles. The van der Waals surface area contributed by atoms with Crippen molar-refractivity contribution in [2.24, 2.45) is 0 Å². The van der Waals surface area contributed by atoms with Gasteiger partial charge in [-0.1, -0.05) is 23.9 Å². The van der Waals surface area contributed by atoms with E-state index in [1.807, 2.05) is 0 Å². The number of ketones is 1. The molecule has 3 rings (SSSR count). The number of esters is 1. The highest BCUT2D eigenvalue weighted by Crippen LogP contribution is 2.28. The van der Waals surface area contributed by atoms with Crippen LogP contribution in [0.1, 0.15) is 39.2 Å². The molecule has 0 aliphatic carbocycles. The van der Waals surface area contributed by atoms with Gasteiger partial charge in [-0.05, 0) is 38.8 Å². The standard InChI is InChI=1S/C22H27N3O6S/c1-3-30-19(27)13-16(26)14-32-21-23-18-8-6-5-7-17(18)20(28)25(21)15-9-11-24(12-10-15)22(29)31-4-2/h5-8,15H,3-4,9-14H2,1-2H3. The van der Waals surface area contributed by atoms with Crippen LogP contribution >= 0.6 is 11.8 Å². The van der Waals surface area contributed by atoms with Gasteiger partial charge in [-0.2, -0.15) is 0 Å². The Morgan fingerprint density at radius 2 is 1.78 bits per heavy atom. The molecule has 0 N–H and O–H groups in total. The van der Waals surface area contributed by atoms with Crippen LogP contribution < -0.4 is 5.56 Å². The van der Waals surface area contributed by atoms with Gasteiger partial charge >= 0.3 is 12.1 Å². The number of piperidine rings is 1. The Labute approximate surface area is 190 Å². The lowest BCUT2D eigenvalue weighted by Gasteiger charge is -2.33. The van der Waals surface area contributed by atoms with E-state index >= 15 is 0 Å². The number of Topliss-reactive ketones (excluding diaryl/α,β-unsaturated/α-hetero) is 1. The van der Waals surface area contributed by atoms with Gasteiger partial charge in [-0.3, -0.25) is 19.0 Å². The van der Waals surface area contributed by atoms with Crippen LogP contribution in [0.3, 0.4) is 0 Å². The van der Waals surface area contributed by atoms with E-state index in [9.17, 15) is 19.2 Å². The number of ether oxygens (including phenoxy) is 2. The molecule has 0 unspecified atom stereocenters. The van der Waals surface area contributed by atoms with E-state index in [0.29, 0.717) is 48.6 Å². The molecule has 0 atom stereocenters. The van der Waals surface area contributed by atoms with Crippen LogP contribution in [0.25, 0.3) is 10.9 Å². The van der Waals surface area contributed by atoms with Gasteiger partial charge in [0, 0.05) is 19.1 Å². The summed E-state index contributed by atoms with van der Waals surface area (Å²) in [5.74, 6) is -0.849. The third-order valence-electron chi connectivity index (χ3n) is 5.14. The summed E-state index contributed by atoms with van der Waals surface area (Å²) in [4.78, 5) is 55.4. The van der Waals surface area contributed by atoms with Crippen LogP contribution in [0.5, 0.6) is 0 Å². The summed E-state index contributed by atoms with van der Waals surface area (Å²) in [6, 6.07) is 6.92. The third-order valence-corrected chi connectivity index (χ3v) is 6.15. The number of nitrogens with zero attached hydrogens (tertiary/aromatic N) is 3. The molecule has 1 aromatic heterocycles. The highest BCUT2D eigenvalue weighted by Gasteiger charge is 2.28. The number of rotatable bonds is 8. The zero-order chi connectivity index (χ0) is 23.1. The molecule has 1 amide bonds. The van der Waals surface area contributed by atoms with Crippen LogP contribution in [0, 0.1) is 0 Å². The van der Waals surface area contributed by atoms with E-state index in [4.69, 9.17) is 9.47 Å². The number of amides is 1. The Morgan fingerprint density at radius 3 is 2.47 bits per heavy atom. The van der Waals surface area contributed by atoms with E-state index in [-0.39, 0.29) is 42.3 Å². The van der Waals surface area contributed by atoms with Crippen LogP contribution in [0.4, 0.5) is 4.79 Å². The maximum atomic E-state index is 13.3. The van der Waals surface area contributed by atoms with Crippen LogP contribution in [0.2, 0.25) is 0 Å². The number of carbonyl (C=O) groups is 3. The van der Waals surface area contributed by atoms with E-state index in [1.54, 1.807) is 47.6 Å². The molecule has 172 valence electrons. The molecular weight excluding hydrogens is 434 g/mol. The van der Waals surface area contributed by atoms with Crippen molar-refractivity contribution in [3.05, 3.63) is 34.6 Å². The van der Waals surface area contributed by atoms with E-state index < -0.39 is 5.97 Å². The van der Waals surface area contributed by atoms with Crippen molar-refractivity contribution in [1.29, 1.82) is 0 Å². The summed E-state index contributed by atoms with van der Waals surface area (Å²) < 4.78 is 11.5. The molecule has 1 saturated heterocycles. The average molecular weight is 462 g/mol. The molecule has 2 aromatic rings. The lowest BCUT2D eigenvalue weighted by atomic mass is 10.0. The van der Waals surface area contributed by atoms with E-state index in [2.05, 4.69) is 4.98 Å². The van der Waals surface area contributed by atoms with Crippen molar-refractivity contribution >= 4 is 40.5 Å². The first-order valence-corrected chi connectivity index (χ1v) is 11.7. The Morgan fingerprint density at radius 1 is 1.09 bits per heavy atom. The number of thioether (sulfide) groups is 1. The molecule has 1 aliphatic heterocycles. The predicted molar refractivity (Wildman–Crippen MR) is 120 cm³/mol. The third kappa shape index (κ3) is 5.67. The van der Waals surface area contributed by atoms with E-state index in [1.165, 1.54) is 0 Å². The lowest BCUT2D eigenvalue weighted by molar-refractivity contribution is -0.145. The number of aromatic nitrogens is 2. The minimum absolute atomic E-state index is 0.00522.